The normalized spacial score (nSPS) is 16.7. The van der Waals surface area contributed by atoms with Crippen molar-refractivity contribution < 1.29 is 4.79 Å². The van der Waals surface area contributed by atoms with Crippen LogP contribution in [-0.2, 0) is 0 Å². The Hall–Kier alpha value is -3.03. The van der Waals surface area contributed by atoms with Crippen LogP contribution in [0.1, 0.15) is 60.9 Å². The number of carbonyl (C=O) groups excluding carboxylic acids is 1. The van der Waals surface area contributed by atoms with E-state index >= 15 is 0 Å². The van der Waals surface area contributed by atoms with Crippen molar-refractivity contribution in [3.63, 3.8) is 0 Å². The molecule has 29 heavy (non-hydrogen) atoms. The van der Waals surface area contributed by atoms with Gasteiger partial charge in [0.1, 0.15) is 5.82 Å². The van der Waals surface area contributed by atoms with Crippen LogP contribution in [0.5, 0.6) is 0 Å². The minimum Gasteiger partial charge on any atom is -0.354 e. The summed E-state index contributed by atoms with van der Waals surface area (Å²) in [5.74, 6) is 1.95. The van der Waals surface area contributed by atoms with Crippen molar-refractivity contribution in [1.82, 2.24) is 30.1 Å². The highest BCUT2D eigenvalue weighted by Crippen LogP contribution is 2.29. The zero-order valence-electron chi connectivity index (χ0n) is 17.2. The summed E-state index contributed by atoms with van der Waals surface area (Å²) in [7, 11) is 0. The Labute approximate surface area is 170 Å². The average molecular weight is 393 g/mol. The number of aryl methyl sites for hydroxylation is 1. The monoisotopic (exact) mass is 393 g/mol. The van der Waals surface area contributed by atoms with E-state index in [2.05, 4.69) is 44.5 Å². The Balaban J connectivity index is 1.55. The highest BCUT2D eigenvalue weighted by atomic mass is 16.1. The van der Waals surface area contributed by atoms with Crippen molar-refractivity contribution >= 4 is 17.4 Å². The molecule has 0 unspecified atom stereocenters. The summed E-state index contributed by atoms with van der Waals surface area (Å²) >= 11 is 0. The van der Waals surface area contributed by atoms with Crippen LogP contribution in [0.15, 0.2) is 30.5 Å². The first-order valence-corrected chi connectivity index (χ1v) is 10.3. The predicted molar refractivity (Wildman–Crippen MR) is 111 cm³/mol. The summed E-state index contributed by atoms with van der Waals surface area (Å²) in [4.78, 5) is 14.9. The van der Waals surface area contributed by atoms with Gasteiger partial charge in [-0.2, -0.15) is 5.10 Å². The van der Waals surface area contributed by atoms with Gasteiger partial charge >= 0.3 is 0 Å². The first-order valence-electron chi connectivity index (χ1n) is 10.3. The van der Waals surface area contributed by atoms with E-state index in [1.165, 1.54) is 0 Å². The van der Waals surface area contributed by atoms with Crippen LogP contribution in [0, 0.1) is 6.92 Å². The number of nitrogens with zero attached hydrogens (tertiary/aromatic N) is 6. The van der Waals surface area contributed by atoms with Crippen molar-refractivity contribution in [2.75, 3.05) is 18.0 Å². The molecule has 1 N–H and O–H groups in total. The number of aromatic nitrogens is 5. The second-order valence-corrected chi connectivity index (χ2v) is 7.66. The van der Waals surface area contributed by atoms with Crippen LogP contribution in [-0.4, -0.2) is 49.8 Å². The molecule has 0 radical (unpaired) electrons. The molecule has 1 fully saturated rings. The second-order valence-electron chi connectivity index (χ2n) is 7.66. The first kappa shape index (κ1) is 19.3. The summed E-state index contributed by atoms with van der Waals surface area (Å²) in [6.45, 7) is 7.80. The molecule has 1 aliphatic rings. The maximum absolute atomic E-state index is 12.6. The predicted octanol–water partition coefficient (Wildman–Crippen LogP) is 2.74. The Bertz CT molecular complexity index is 994. The Morgan fingerprint density at radius 3 is 2.69 bits per heavy atom. The van der Waals surface area contributed by atoms with Crippen LogP contribution in [0.4, 0.5) is 5.82 Å². The highest BCUT2D eigenvalue weighted by molar-refractivity contribution is 5.94. The van der Waals surface area contributed by atoms with Gasteiger partial charge in [0.05, 0.1) is 11.3 Å². The summed E-state index contributed by atoms with van der Waals surface area (Å²) < 4.78 is 1.96. The summed E-state index contributed by atoms with van der Waals surface area (Å²) in [6.07, 6.45) is 4.65. The van der Waals surface area contributed by atoms with Gasteiger partial charge in [0.25, 0.3) is 5.91 Å². The minimum absolute atomic E-state index is 0.0526. The van der Waals surface area contributed by atoms with Crippen LogP contribution in [0.2, 0.25) is 0 Å². The number of carbonyl (C=O) groups is 1. The number of pyridine rings is 1. The fourth-order valence-corrected chi connectivity index (χ4v) is 3.82. The van der Waals surface area contributed by atoms with Gasteiger partial charge in [-0.1, -0.05) is 13.8 Å². The zero-order chi connectivity index (χ0) is 20.4. The molecule has 8 nitrogen and oxygen atoms in total. The maximum atomic E-state index is 12.6. The fraction of sp³-hybridized carbons (Fsp3) is 0.476. The van der Waals surface area contributed by atoms with Gasteiger partial charge in [0, 0.05) is 31.2 Å². The highest BCUT2D eigenvalue weighted by Gasteiger charge is 2.29. The van der Waals surface area contributed by atoms with Crippen molar-refractivity contribution in [3.05, 3.63) is 47.5 Å². The van der Waals surface area contributed by atoms with E-state index in [4.69, 9.17) is 0 Å². The summed E-state index contributed by atoms with van der Waals surface area (Å²) in [6, 6.07) is 7.85. The smallest absolute Gasteiger partial charge is 0.252 e. The van der Waals surface area contributed by atoms with Gasteiger partial charge in [-0.05, 0) is 50.5 Å². The van der Waals surface area contributed by atoms with Crippen molar-refractivity contribution in [1.29, 1.82) is 0 Å². The van der Waals surface area contributed by atoms with Crippen molar-refractivity contribution in [2.45, 2.75) is 52.0 Å². The van der Waals surface area contributed by atoms with Gasteiger partial charge in [-0.15, -0.1) is 15.3 Å². The molecule has 3 aromatic rings. The average Bonchev–Trinajstić information content (AvgIpc) is 3.38. The first-order chi connectivity index (χ1) is 14.1. The molecular weight excluding hydrogens is 366 g/mol. The van der Waals surface area contributed by atoms with E-state index in [1.807, 2.05) is 41.8 Å². The number of hydrogen-bond acceptors (Lipinski definition) is 6. The number of amides is 1. The van der Waals surface area contributed by atoms with Gasteiger partial charge in [-0.3, -0.25) is 9.20 Å². The molecule has 0 aliphatic carbocycles. The molecule has 1 amide bonds. The van der Waals surface area contributed by atoms with E-state index in [-0.39, 0.29) is 17.9 Å². The molecule has 1 atom stereocenters. The van der Waals surface area contributed by atoms with E-state index in [0.717, 1.165) is 55.3 Å². The Morgan fingerprint density at radius 1 is 1.14 bits per heavy atom. The third-order valence-corrected chi connectivity index (χ3v) is 5.67. The lowest BCUT2D eigenvalue weighted by Gasteiger charge is -2.16. The molecule has 3 aromatic heterocycles. The molecule has 152 valence electrons. The minimum atomic E-state index is -0.0526. The number of rotatable bonds is 6. The largest absolute Gasteiger partial charge is 0.354 e. The SMILES string of the molecule is CCC(CC)NC(=O)c1ccc2nnc([C@@H]3CCN(c4ccc(C)nn4)C3)n2c1. The molecule has 0 bridgehead atoms. The molecule has 0 spiro atoms. The maximum Gasteiger partial charge on any atom is 0.252 e. The molecular formula is C21H27N7O. The molecule has 0 aromatic carbocycles. The molecule has 8 heteroatoms. The van der Waals surface area contributed by atoms with E-state index < -0.39 is 0 Å². The summed E-state index contributed by atoms with van der Waals surface area (Å²) in [5.41, 5.74) is 2.30. The number of fused-ring (bicyclic) bond motifs is 1. The molecule has 4 rings (SSSR count). The topological polar surface area (TPSA) is 88.3 Å². The second kappa shape index (κ2) is 8.14. The number of nitrogens with one attached hydrogen (secondary N) is 1. The quantitative estimate of drug-likeness (QED) is 0.693. The standard InChI is InChI=1S/C21H27N7O/c1-4-17(5-2)22-21(29)16-7-9-19-25-26-20(28(19)13-16)15-10-11-27(12-15)18-8-6-14(3)23-24-18/h6-9,13,15,17H,4-5,10-12H2,1-3H3,(H,22,29)/t15-/m1/s1. The lowest BCUT2D eigenvalue weighted by molar-refractivity contribution is 0.0934. The molecule has 1 saturated heterocycles. The molecule has 1 aliphatic heterocycles. The van der Waals surface area contributed by atoms with Crippen molar-refractivity contribution in [3.8, 4) is 0 Å². The van der Waals surface area contributed by atoms with E-state index in [9.17, 15) is 4.79 Å². The van der Waals surface area contributed by atoms with E-state index in [1.54, 1.807) is 0 Å². The lowest BCUT2D eigenvalue weighted by atomic mass is 10.1. The van der Waals surface area contributed by atoms with Crippen LogP contribution in [0.25, 0.3) is 5.65 Å². The van der Waals surface area contributed by atoms with E-state index in [0.29, 0.717) is 5.56 Å². The van der Waals surface area contributed by atoms with Gasteiger partial charge < -0.3 is 10.2 Å². The Kier molecular flexibility index (Phi) is 5.42. The third-order valence-electron chi connectivity index (χ3n) is 5.67. The van der Waals surface area contributed by atoms with Crippen LogP contribution in [0.3, 0.4) is 0 Å². The third kappa shape index (κ3) is 3.92. The van der Waals surface area contributed by atoms with Gasteiger partial charge in [0.15, 0.2) is 11.5 Å². The van der Waals surface area contributed by atoms with Gasteiger partial charge in [0.2, 0.25) is 0 Å². The Morgan fingerprint density at radius 2 is 1.97 bits per heavy atom. The van der Waals surface area contributed by atoms with Gasteiger partial charge in [-0.25, -0.2) is 0 Å². The lowest BCUT2D eigenvalue weighted by Crippen LogP contribution is -2.33. The van der Waals surface area contributed by atoms with Crippen LogP contribution >= 0.6 is 0 Å². The number of anilines is 1. The van der Waals surface area contributed by atoms with Crippen LogP contribution < -0.4 is 10.2 Å². The number of hydrogen-bond donors (Lipinski definition) is 1. The fourth-order valence-electron chi connectivity index (χ4n) is 3.82. The molecule has 4 heterocycles. The van der Waals surface area contributed by atoms with Crippen molar-refractivity contribution in [2.24, 2.45) is 0 Å². The zero-order valence-corrected chi connectivity index (χ0v) is 17.2. The summed E-state index contributed by atoms with van der Waals surface area (Å²) in [5, 5.41) is 20.3. The molecule has 0 saturated carbocycles.